The Balaban J connectivity index is 1.94. The first-order chi connectivity index (χ1) is 11.1. The number of aryl methyl sites for hydroxylation is 2. The minimum atomic E-state index is -0.332. The fraction of sp³-hybridized carbons (Fsp3) is 0.150. The number of methoxy groups -OCH3 is 1. The van der Waals surface area contributed by atoms with Gasteiger partial charge in [-0.15, -0.1) is 0 Å². The average molecular weight is 306 g/mol. The average Bonchev–Trinajstić information content (AvgIpc) is 2.91. The number of carbonyl (C=O) groups excluding carboxylic acids is 1. The van der Waals surface area contributed by atoms with E-state index in [1.807, 2.05) is 49.4 Å². The fourth-order valence-electron chi connectivity index (χ4n) is 2.44. The Labute approximate surface area is 135 Å². The number of carbonyl (C=O) groups is 1. The molecule has 2 aromatic rings. The van der Waals surface area contributed by atoms with Crippen molar-refractivity contribution >= 4 is 17.8 Å². The van der Waals surface area contributed by atoms with Gasteiger partial charge in [0, 0.05) is 5.56 Å². The van der Waals surface area contributed by atoms with Crippen molar-refractivity contribution in [2.45, 2.75) is 13.8 Å². The van der Waals surface area contributed by atoms with E-state index >= 15 is 0 Å². The molecule has 1 aliphatic heterocycles. The first-order valence-electron chi connectivity index (χ1n) is 7.44. The summed E-state index contributed by atoms with van der Waals surface area (Å²) in [7, 11) is 1.62. The second-order valence-electron chi connectivity index (χ2n) is 5.57. The fourth-order valence-corrected chi connectivity index (χ4v) is 2.44. The lowest BCUT2D eigenvalue weighted by Gasteiger charge is -2.05. The summed E-state index contributed by atoms with van der Waals surface area (Å²) in [5.41, 5.74) is 4.73. The van der Waals surface area contributed by atoms with Crippen LogP contribution in [0.5, 0.6) is 5.75 Å². The van der Waals surface area contributed by atoms with E-state index in [2.05, 4.69) is 6.92 Å². The van der Waals surface area contributed by atoms with Crippen LogP contribution >= 0.6 is 0 Å². The molecule has 1 heterocycles. The van der Waals surface area contributed by atoms with Crippen LogP contribution in [0.15, 0.2) is 54.1 Å². The third-order valence-electron chi connectivity index (χ3n) is 3.93. The molecule has 3 rings (SSSR count). The lowest BCUT2D eigenvalue weighted by molar-refractivity contribution is -0.130. The van der Waals surface area contributed by atoms with Crippen LogP contribution in [0.1, 0.15) is 22.3 Å². The van der Waals surface area contributed by atoms with Gasteiger partial charge in [-0.05, 0) is 60.9 Å². The van der Waals surface area contributed by atoms with Gasteiger partial charge in [-0.2, -0.15) is 0 Å². The molecule has 2 aromatic carbocycles. The predicted octanol–water partition coefficient (Wildman–Crippen LogP) is 4.29. The highest BCUT2D eigenvalue weighted by Gasteiger charge is 2.22. The molecule has 116 valence electrons. The highest BCUT2D eigenvalue weighted by molar-refractivity contribution is 6.05. The van der Waals surface area contributed by atoms with Crippen molar-refractivity contribution in [3.8, 4) is 5.75 Å². The van der Waals surface area contributed by atoms with Gasteiger partial charge in [0.1, 0.15) is 11.5 Å². The van der Waals surface area contributed by atoms with Crippen LogP contribution in [0.4, 0.5) is 0 Å². The molecule has 0 amide bonds. The zero-order valence-corrected chi connectivity index (χ0v) is 13.4. The van der Waals surface area contributed by atoms with Crippen molar-refractivity contribution in [3.63, 3.8) is 0 Å². The zero-order valence-electron chi connectivity index (χ0n) is 13.4. The topological polar surface area (TPSA) is 35.5 Å². The molecule has 3 nitrogen and oxygen atoms in total. The van der Waals surface area contributed by atoms with E-state index in [-0.39, 0.29) is 5.97 Å². The summed E-state index contributed by atoms with van der Waals surface area (Å²) in [5, 5.41) is 0. The summed E-state index contributed by atoms with van der Waals surface area (Å²) >= 11 is 0. The Morgan fingerprint density at radius 1 is 1.04 bits per heavy atom. The van der Waals surface area contributed by atoms with Crippen molar-refractivity contribution in [2.24, 2.45) is 0 Å². The minimum absolute atomic E-state index is 0.332. The zero-order chi connectivity index (χ0) is 16.4. The monoisotopic (exact) mass is 306 g/mol. The Bertz CT molecular complexity index is 829. The normalized spacial score (nSPS) is 15.5. The van der Waals surface area contributed by atoms with E-state index in [0.29, 0.717) is 11.3 Å². The van der Waals surface area contributed by atoms with Crippen molar-refractivity contribution in [3.05, 3.63) is 76.4 Å². The maximum absolute atomic E-state index is 12.1. The summed E-state index contributed by atoms with van der Waals surface area (Å²) in [5.74, 6) is 1.01. The van der Waals surface area contributed by atoms with Crippen LogP contribution in [-0.2, 0) is 9.53 Å². The minimum Gasteiger partial charge on any atom is -0.497 e. The van der Waals surface area contributed by atoms with Gasteiger partial charge in [-0.1, -0.05) is 24.3 Å². The SMILES string of the molecule is COc1cccc(C=C2C=C(c3ccc(C)c(C)c3)OC2=O)c1. The van der Waals surface area contributed by atoms with Crippen molar-refractivity contribution in [1.29, 1.82) is 0 Å². The molecule has 0 unspecified atom stereocenters. The van der Waals surface area contributed by atoms with Crippen LogP contribution in [-0.4, -0.2) is 13.1 Å². The summed E-state index contributed by atoms with van der Waals surface area (Å²) in [6, 6.07) is 13.6. The predicted molar refractivity (Wildman–Crippen MR) is 91.0 cm³/mol. The third kappa shape index (κ3) is 3.19. The number of esters is 1. The van der Waals surface area contributed by atoms with E-state index in [1.54, 1.807) is 19.3 Å². The molecular formula is C20H18O3. The van der Waals surface area contributed by atoms with Gasteiger partial charge in [0.05, 0.1) is 12.7 Å². The molecule has 0 radical (unpaired) electrons. The molecular weight excluding hydrogens is 288 g/mol. The van der Waals surface area contributed by atoms with Gasteiger partial charge in [0.2, 0.25) is 0 Å². The Morgan fingerprint density at radius 2 is 1.87 bits per heavy atom. The maximum Gasteiger partial charge on any atom is 0.343 e. The Hall–Kier alpha value is -2.81. The third-order valence-corrected chi connectivity index (χ3v) is 3.93. The summed E-state index contributed by atoms with van der Waals surface area (Å²) < 4.78 is 10.6. The van der Waals surface area contributed by atoms with Crippen molar-refractivity contribution < 1.29 is 14.3 Å². The van der Waals surface area contributed by atoms with Crippen LogP contribution in [0, 0.1) is 13.8 Å². The molecule has 1 aliphatic rings. The van der Waals surface area contributed by atoms with Gasteiger partial charge in [-0.25, -0.2) is 4.79 Å². The molecule has 0 spiro atoms. The van der Waals surface area contributed by atoms with Gasteiger partial charge < -0.3 is 9.47 Å². The van der Waals surface area contributed by atoms with E-state index in [0.717, 1.165) is 16.9 Å². The highest BCUT2D eigenvalue weighted by Crippen LogP contribution is 2.29. The molecule has 3 heteroatoms. The molecule has 0 fully saturated rings. The van der Waals surface area contributed by atoms with Gasteiger partial charge in [0.15, 0.2) is 0 Å². The van der Waals surface area contributed by atoms with Crippen molar-refractivity contribution in [1.82, 2.24) is 0 Å². The highest BCUT2D eigenvalue weighted by atomic mass is 16.5. The smallest absolute Gasteiger partial charge is 0.343 e. The van der Waals surface area contributed by atoms with Gasteiger partial charge >= 0.3 is 5.97 Å². The lowest BCUT2D eigenvalue weighted by atomic mass is 10.0. The summed E-state index contributed by atoms with van der Waals surface area (Å²) in [6.45, 7) is 4.10. The van der Waals surface area contributed by atoms with E-state index in [1.165, 1.54) is 11.1 Å². The van der Waals surface area contributed by atoms with Crippen LogP contribution < -0.4 is 4.74 Å². The molecule has 0 aliphatic carbocycles. The molecule has 0 saturated heterocycles. The molecule has 0 aromatic heterocycles. The molecule has 0 saturated carbocycles. The second kappa shape index (κ2) is 6.13. The quantitative estimate of drug-likeness (QED) is 0.627. The first-order valence-corrected chi connectivity index (χ1v) is 7.44. The van der Waals surface area contributed by atoms with E-state index < -0.39 is 0 Å². The summed E-state index contributed by atoms with van der Waals surface area (Å²) in [4.78, 5) is 12.1. The lowest BCUT2D eigenvalue weighted by Crippen LogP contribution is -1.97. The number of rotatable bonds is 3. The maximum atomic E-state index is 12.1. The number of hydrogen-bond acceptors (Lipinski definition) is 3. The first kappa shape index (κ1) is 15.1. The number of benzene rings is 2. The second-order valence-corrected chi connectivity index (χ2v) is 5.57. The van der Waals surface area contributed by atoms with Gasteiger partial charge in [0.25, 0.3) is 0 Å². The Kier molecular flexibility index (Phi) is 4.02. The number of ether oxygens (including phenoxy) is 2. The molecule has 23 heavy (non-hydrogen) atoms. The van der Waals surface area contributed by atoms with Crippen LogP contribution in [0.25, 0.3) is 11.8 Å². The molecule has 0 N–H and O–H groups in total. The largest absolute Gasteiger partial charge is 0.497 e. The number of cyclic esters (lactones) is 1. The standard InChI is InChI=1S/C20H18O3/c1-13-7-8-16(9-14(13)2)19-12-17(20(21)23-19)10-15-5-4-6-18(11-15)22-3/h4-12H,1-3H3. The Morgan fingerprint density at radius 3 is 2.61 bits per heavy atom. The number of hydrogen-bond donors (Lipinski definition) is 0. The molecule has 0 atom stereocenters. The van der Waals surface area contributed by atoms with Crippen LogP contribution in [0.3, 0.4) is 0 Å². The van der Waals surface area contributed by atoms with E-state index in [9.17, 15) is 4.79 Å². The summed E-state index contributed by atoms with van der Waals surface area (Å²) in [6.07, 6.45) is 3.59. The molecule has 0 bridgehead atoms. The van der Waals surface area contributed by atoms with Crippen molar-refractivity contribution in [2.75, 3.05) is 7.11 Å². The van der Waals surface area contributed by atoms with Crippen LogP contribution in [0.2, 0.25) is 0 Å². The van der Waals surface area contributed by atoms with Gasteiger partial charge in [-0.3, -0.25) is 0 Å². The van der Waals surface area contributed by atoms with E-state index in [4.69, 9.17) is 9.47 Å².